The molecule has 314 valence electrons. The van der Waals surface area contributed by atoms with Crippen LogP contribution in [0.15, 0.2) is 118 Å². The van der Waals surface area contributed by atoms with Crippen LogP contribution < -0.4 is 16.1 Å². The van der Waals surface area contributed by atoms with Crippen molar-refractivity contribution >= 4 is 88.6 Å². The SMILES string of the molecule is CC(C)(C)C(=O)Nc1cccc(-p2oc3ccc4ccccc4c3c3c(ccc4ccccc43)o2)n1.CCN(CC)P(c1cccc(NC(=O)C(C)(C)C)n1)N(CC)CC. The summed E-state index contributed by atoms with van der Waals surface area (Å²) in [6, 6.07) is 36.3. The van der Waals surface area contributed by atoms with Crippen LogP contribution >= 0.6 is 16.2 Å². The molecule has 0 spiro atoms. The number of carbonyl (C=O) groups excluding carboxylic acids is 2. The van der Waals surface area contributed by atoms with Crippen LogP contribution in [0.1, 0.15) is 69.2 Å². The van der Waals surface area contributed by atoms with E-state index in [1.165, 1.54) is 0 Å². The molecule has 0 aliphatic carbocycles. The zero-order valence-corrected chi connectivity index (χ0v) is 38.3. The third-order valence-electron chi connectivity index (χ3n) is 10.1. The van der Waals surface area contributed by atoms with Gasteiger partial charge in [0.2, 0.25) is 11.8 Å². The Hall–Kier alpha value is -5.11. The Labute approximate surface area is 356 Å². The van der Waals surface area contributed by atoms with Crippen molar-refractivity contribution in [3.05, 3.63) is 109 Å². The van der Waals surface area contributed by atoms with Crippen LogP contribution in [0.25, 0.3) is 48.9 Å². The van der Waals surface area contributed by atoms with Crippen molar-refractivity contribution in [3.8, 4) is 5.44 Å². The average molecular weight is 845 g/mol. The highest BCUT2D eigenvalue weighted by Gasteiger charge is 2.27. The number of fused-ring (bicyclic) bond motifs is 7. The molecule has 7 rings (SSSR count). The van der Waals surface area contributed by atoms with E-state index in [2.05, 4.69) is 90.1 Å². The molecule has 60 heavy (non-hydrogen) atoms. The largest absolute Gasteiger partial charge is 0.415 e. The molecule has 0 aliphatic heterocycles. The van der Waals surface area contributed by atoms with Crippen LogP contribution in [0.3, 0.4) is 0 Å². The molecule has 0 unspecified atom stereocenters. The number of rotatable bonds is 10. The smallest absolute Gasteiger partial charge is 0.272 e. The molecule has 0 saturated heterocycles. The lowest BCUT2D eigenvalue weighted by Crippen LogP contribution is -2.35. The third-order valence-corrected chi connectivity index (χ3v) is 14.3. The molecule has 10 nitrogen and oxygen atoms in total. The molecular weight excluding hydrogens is 787 g/mol. The van der Waals surface area contributed by atoms with Crippen LogP contribution in [0, 0.1) is 10.8 Å². The monoisotopic (exact) mass is 844 g/mol. The van der Waals surface area contributed by atoms with Crippen molar-refractivity contribution in [1.82, 2.24) is 19.3 Å². The van der Waals surface area contributed by atoms with E-state index in [1.807, 2.05) is 102 Å². The first-order valence-corrected chi connectivity index (χ1v) is 23.2. The van der Waals surface area contributed by atoms with E-state index in [4.69, 9.17) is 18.4 Å². The number of hydrogen-bond donors (Lipinski definition) is 2. The summed E-state index contributed by atoms with van der Waals surface area (Å²) in [5.74, 6) is 1.00. The highest BCUT2D eigenvalue weighted by Crippen LogP contribution is 2.45. The Morgan fingerprint density at radius 2 is 1.00 bits per heavy atom. The fourth-order valence-electron chi connectivity index (χ4n) is 6.72. The summed E-state index contributed by atoms with van der Waals surface area (Å²) in [5.41, 5.74) is 2.22. The van der Waals surface area contributed by atoms with Crippen molar-refractivity contribution in [2.75, 3.05) is 36.8 Å². The minimum atomic E-state index is -1.61. The molecule has 0 fully saturated rings. The summed E-state index contributed by atoms with van der Waals surface area (Å²) in [5, 5.41) is 12.4. The average Bonchev–Trinajstić information content (AvgIpc) is 3.41. The van der Waals surface area contributed by atoms with E-state index >= 15 is 0 Å². The summed E-state index contributed by atoms with van der Waals surface area (Å²) in [7, 11) is -2.26. The van der Waals surface area contributed by atoms with Crippen molar-refractivity contribution in [1.29, 1.82) is 0 Å². The van der Waals surface area contributed by atoms with E-state index in [0.29, 0.717) is 17.1 Å². The minimum absolute atomic E-state index is 0.0119. The molecule has 0 atom stereocenters. The Morgan fingerprint density at radius 3 is 1.45 bits per heavy atom. The maximum atomic E-state index is 12.5. The number of benzene rings is 4. The zero-order chi connectivity index (χ0) is 43.2. The summed E-state index contributed by atoms with van der Waals surface area (Å²) in [6.45, 7) is 24.0. The fraction of sp³-hybridized carbons (Fsp3) is 0.333. The quantitative estimate of drug-likeness (QED) is 0.131. The van der Waals surface area contributed by atoms with Gasteiger partial charge < -0.3 is 19.0 Å². The molecule has 12 heteroatoms. The normalized spacial score (nSPS) is 12.0. The first-order valence-electron chi connectivity index (χ1n) is 20.7. The van der Waals surface area contributed by atoms with Crippen LogP contribution in [-0.4, -0.2) is 57.3 Å². The molecule has 0 saturated carbocycles. The van der Waals surface area contributed by atoms with E-state index in [9.17, 15) is 9.59 Å². The van der Waals surface area contributed by atoms with Crippen LogP contribution in [0.2, 0.25) is 0 Å². The predicted molar refractivity (Wildman–Crippen MR) is 253 cm³/mol. The highest BCUT2D eigenvalue weighted by atomic mass is 31.1. The van der Waals surface area contributed by atoms with Gasteiger partial charge in [-0.15, -0.1) is 0 Å². The van der Waals surface area contributed by atoms with Crippen molar-refractivity contribution in [3.63, 3.8) is 0 Å². The van der Waals surface area contributed by atoms with Crippen LogP contribution in [-0.2, 0) is 9.59 Å². The van der Waals surface area contributed by atoms with Gasteiger partial charge >= 0.3 is 0 Å². The number of anilines is 2. The third kappa shape index (κ3) is 10.1. The molecule has 3 aromatic heterocycles. The number of aromatic nitrogens is 2. The van der Waals surface area contributed by atoms with Crippen molar-refractivity contribution in [2.45, 2.75) is 69.2 Å². The molecule has 0 bridgehead atoms. The summed E-state index contributed by atoms with van der Waals surface area (Å²) >= 11 is 0. The number of nitrogens with one attached hydrogen (secondary N) is 2. The lowest BCUT2D eigenvalue weighted by molar-refractivity contribution is -0.123. The summed E-state index contributed by atoms with van der Waals surface area (Å²) < 4.78 is 18.1. The van der Waals surface area contributed by atoms with Gasteiger partial charge in [-0.1, -0.05) is 142 Å². The van der Waals surface area contributed by atoms with Gasteiger partial charge in [0.05, 0.1) is 13.7 Å². The Morgan fingerprint density at radius 1 is 0.567 bits per heavy atom. The van der Waals surface area contributed by atoms with Crippen LogP contribution in [0.4, 0.5) is 11.6 Å². The number of carbonyl (C=O) groups is 2. The van der Waals surface area contributed by atoms with E-state index in [1.54, 1.807) is 6.07 Å². The fourth-order valence-corrected chi connectivity index (χ4v) is 10.4. The second-order valence-electron chi connectivity index (χ2n) is 16.5. The van der Waals surface area contributed by atoms with Gasteiger partial charge in [-0.25, -0.2) is 9.97 Å². The first kappa shape index (κ1) is 44.4. The second-order valence-corrected chi connectivity index (χ2v) is 20.0. The molecular formula is C48H58N6O4P2. The zero-order valence-electron chi connectivity index (χ0n) is 36.5. The number of nitrogens with zero attached hydrogens (tertiary/aromatic N) is 4. The molecule has 2 N–H and O–H groups in total. The Bertz CT molecular complexity index is 2550. The number of pyridine rings is 2. The minimum Gasteiger partial charge on any atom is -0.415 e. The molecule has 3 heterocycles. The molecule has 0 radical (unpaired) electrons. The van der Waals surface area contributed by atoms with Crippen molar-refractivity contribution < 1.29 is 18.0 Å². The molecule has 0 aliphatic rings. The number of hydrogen-bond acceptors (Lipinski definition) is 8. The van der Waals surface area contributed by atoms with Gasteiger partial charge in [0.15, 0.2) is 5.44 Å². The van der Waals surface area contributed by atoms with Crippen molar-refractivity contribution in [2.24, 2.45) is 10.8 Å². The maximum absolute atomic E-state index is 12.5. The Balaban J connectivity index is 0.000000221. The highest BCUT2D eigenvalue weighted by molar-refractivity contribution is 7.60. The number of amides is 2. The standard InChI is InChI=1S/C30H25N2O3P.C18H33N4OP/c1-30(2,3)29(33)32-25-13-8-14-26(31-25)36-34-23-17-15-19-9-4-6-11-21(19)27(23)28-22-12-7-5-10-20(22)16-18-24(28)35-36;1-8-21(9-2)24(22(10-3)11-4)16-14-12-13-15(19-16)20-17(23)18(5,6)7/h4-18H,1-3H3,(H,31,32,33);12-14H,8-11H2,1-7H3,(H,19,20,23). The molecule has 4 aromatic carbocycles. The maximum Gasteiger partial charge on any atom is 0.272 e. The van der Waals surface area contributed by atoms with Gasteiger partial charge in [-0.05, 0) is 57.9 Å². The molecule has 7 aromatic rings. The second kappa shape index (κ2) is 19.1. The summed E-state index contributed by atoms with van der Waals surface area (Å²) in [6.07, 6.45) is 0. The van der Waals surface area contributed by atoms with E-state index in [-0.39, 0.29) is 11.8 Å². The van der Waals surface area contributed by atoms with Gasteiger partial charge in [0, 0.05) is 47.8 Å². The van der Waals surface area contributed by atoms with Crippen LogP contribution in [0.5, 0.6) is 0 Å². The lowest BCUT2D eigenvalue weighted by Gasteiger charge is -2.37. The van der Waals surface area contributed by atoms with Gasteiger partial charge in [-0.2, -0.15) is 0 Å². The topological polar surface area (TPSA) is 117 Å². The Kier molecular flexibility index (Phi) is 14.1. The first-order chi connectivity index (χ1) is 28.7. The predicted octanol–water partition coefficient (Wildman–Crippen LogP) is 12.7. The van der Waals surface area contributed by atoms with Gasteiger partial charge in [-0.3, -0.25) is 18.9 Å². The van der Waals surface area contributed by atoms with E-state index < -0.39 is 27.1 Å². The summed E-state index contributed by atoms with van der Waals surface area (Å²) in [4.78, 5) is 34.3. The molecule has 2 amide bonds. The van der Waals surface area contributed by atoms with Gasteiger partial charge in [0.1, 0.15) is 22.8 Å². The lowest BCUT2D eigenvalue weighted by atomic mass is 9.96. The van der Waals surface area contributed by atoms with E-state index in [0.717, 1.165) is 75.1 Å². The van der Waals surface area contributed by atoms with Gasteiger partial charge in [0.25, 0.3) is 8.01 Å².